The van der Waals surface area contributed by atoms with E-state index in [1.807, 2.05) is 35.2 Å². The first-order valence-electron chi connectivity index (χ1n) is 9.77. The highest BCUT2D eigenvalue weighted by molar-refractivity contribution is 5.99. The van der Waals surface area contributed by atoms with E-state index in [-0.39, 0.29) is 11.8 Å². The van der Waals surface area contributed by atoms with Crippen LogP contribution >= 0.6 is 0 Å². The first-order valence-corrected chi connectivity index (χ1v) is 9.77. The van der Waals surface area contributed by atoms with Gasteiger partial charge in [-0.15, -0.1) is 0 Å². The lowest BCUT2D eigenvalue weighted by Crippen LogP contribution is -2.39. The molecule has 0 aliphatic carbocycles. The zero-order valence-electron chi connectivity index (χ0n) is 15.8. The van der Waals surface area contributed by atoms with Crippen LogP contribution in [0.1, 0.15) is 29.6 Å². The van der Waals surface area contributed by atoms with Crippen molar-refractivity contribution >= 4 is 22.6 Å². The number of amides is 2. The third-order valence-corrected chi connectivity index (χ3v) is 5.60. The van der Waals surface area contributed by atoms with Gasteiger partial charge in [-0.05, 0) is 52.8 Å². The number of primary amides is 1. The Bertz CT molecular complexity index is 1010. The minimum atomic E-state index is -0.257. The Kier molecular flexibility index (Phi) is 5.11. The number of benzene rings is 3. The summed E-state index contributed by atoms with van der Waals surface area (Å²) in [5.74, 6) is 0.0933. The van der Waals surface area contributed by atoms with Gasteiger partial charge in [0.25, 0.3) is 5.91 Å². The Morgan fingerprint density at radius 3 is 2.43 bits per heavy atom. The van der Waals surface area contributed by atoms with Gasteiger partial charge < -0.3 is 10.6 Å². The van der Waals surface area contributed by atoms with E-state index in [9.17, 15) is 9.59 Å². The number of hydrogen-bond donors (Lipinski definition) is 1. The van der Waals surface area contributed by atoms with Gasteiger partial charge in [-0.25, -0.2) is 0 Å². The fourth-order valence-corrected chi connectivity index (χ4v) is 4.10. The standard InChI is InChI=1S/C24H24N2O2/c25-23(27)15-17-11-13-26(14-12-17)24(28)20-8-3-7-19(16-20)22-10-4-6-18-5-1-2-9-21(18)22/h1-10,16-17H,11-15H2,(H2,25,27). The lowest BCUT2D eigenvalue weighted by molar-refractivity contribution is -0.119. The molecule has 0 spiro atoms. The van der Waals surface area contributed by atoms with Gasteiger partial charge >= 0.3 is 0 Å². The van der Waals surface area contributed by atoms with Crippen LogP contribution in [0.5, 0.6) is 0 Å². The molecular formula is C24H24N2O2. The first kappa shape index (κ1) is 18.2. The van der Waals surface area contributed by atoms with E-state index in [0.717, 1.165) is 24.0 Å². The van der Waals surface area contributed by atoms with Gasteiger partial charge in [0.15, 0.2) is 0 Å². The number of piperidine rings is 1. The molecule has 4 nitrogen and oxygen atoms in total. The summed E-state index contributed by atoms with van der Waals surface area (Å²) in [7, 11) is 0. The molecule has 2 N–H and O–H groups in total. The number of carbonyl (C=O) groups excluding carboxylic acids is 2. The second-order valence-electron chi connectivity index (χ2n) is 7.51. The van der Waals surface area contributed by atoms with E-state index >= 15 is 0 Å². The molecule has 1 saturated heterocycles. The minimum absolute atomic E-state index is 0.0552. The van der Waals surface area contributed by atoms with E-state index < -0.39 is 0 Å². The molecule has 3 aromatic rings. The van der Waals surface area contributed by atoms with Crippen molar-refractivity contribution in [3.63, 3.8) is 0 Å². The second kappa shape index (κ2) is 7.85. The molecule has 2 amide bonds. The van der Waals surface area contributed by atoms with Gasteiger partial charge in [-0.1, -0.05) is 54.6 Å². The van der Waals surface area contributed by atoms with Crippen LogP contribution in [0.15, 0.2) is 66.7 Å². The van der Waals surface area contributed by atoms with E-state index in [1.165, 1.54) is 10.8 Å². The van der Waals surface area contributed by atoms with Crippen molar-refractivity contribution in [1.82, 2.24) is 4.90 Å². The molecule has 142 valence electrons. The molecule has 4 rings (SSSR count). The van der Waals surface area contributed by atoms with Crippen LogP contribution in [0, 0.1) is 5.92 Å². The molecule has 3 aromatic carbocycles. The Morgan fingerprint density at radius 1 is 0.929 bits per heavy atom. The zero-order chi connectivity index (χ0) is 19.5. The Labute approximate surface area is 165 Å². The monoisotopic (exact) mass is 372 g/mol. The van der Waals surface area contributed by atoms with Crippen molar-refractivity contribution in [2.24, 2.45) is 11.7 Å². The molecule has 4 heteroatoms. The fourth-order valence-electron chi connectivity index (χ4n) is 4.10. The molecule has 28 heavy (non-hydrogen) atoms. The van der Waals surface area contributed by atoms with Crippen LogP contribution in [-0.2, 0) is 4.79 Å². The van der Waals surface area contributed by atoms with Gasteiger partial charge in [0.05, 0.1) is 0 Å². The predicted octanol–water partition coefficient (Wildman–Crippen LogP) is 4.23. The lowest BCUT2D eigenvalue weighted by Gasteiger charge is -2.31. The van der Waals surface area contributed by atoms with Crippen molar-refractivity contribution in [2.75, 3.05) is 13.1 Å². The fraction of sp³-hybridized carbons (Fsp3) is 0.250. The Hall–Kier alpha value is -3.14. The van der Waals surface area contributed by atoms with Crippen LogP contribution in [0.3, 0.4) is 0 Å². The maximum atomic E-state index is 13.0. The van der Waals surface area contributed by atoms with E-state index in [1.54, 1.807) is 0 Å². The summed E-state index contributed by atoms with van der Waals surface area (Å²) in [5.41, 5.74) is 8.19. The first-order chi connectivity index (χ1) is 13.6. The van der Waals surface area contributed by atoms with Gasteiger partial charge in [-0.3, -0.25) is 9.59 Å². The van der Waals surface area contributed by atoms with Crippen molar-refractivity contribution in [3.8, 4) is 11.1 Å². The summed E-state index contributed by atoms with van der Waals surface area (Å²) >= 11 is 0. The van der Waals surface area contributed by atoms with E-state index in [0.29, 0.717) is 31.0 Å². The summed E-state index contributed by atoms with van der Waals surface area (Å²) in [4.78, 5) is 26.0. The van der Waals surface area contributed by atoms with Crippen LogP contribution in [0.25, 0.3) is 21.9 Å². The molecule has 0 aromatic heterocycles. The van der Waals surface area contributed by atoms with E-state index in [2.05, 4.69) is 36.4 Å². The molecule has 1 aliphatic heterocycles. The van der Waals surface area contributed by atoms with Crippen molar-refractivity contribution < 1.29 is 9.59 Å². The summed E-state index contributed by atoms with van der Waals surface area (Å²) in [5, 5.41) is 2.37. The summed E-state index contributed by atoms with van der Waals surface area (Å²) in [6.07, 6.45) is 2.08. The van der Waals surface area contributed by atoms with E-state index in [4.69, 9.17) is 5.73 Å². The number of nitrogens with two attached hydrogens (primary N) is 1. The molecule has 0 saturated carbocycles. The highest BCUT2D eigenvalue weighted by Crippen LogP contribution is 2.29. The average molecular weight is 372 g/mol. The molecule has 0 atom stereocenters. The number of rotatable bonds is 4. The molecular weight excluding hydrogens is 348 g/mol. The maximum absolute atomic E-state index is 13.0. The summed E-state index contributed by atoms with van der Waals surface area (Å²) in [6.45, 7) is 1.35. The topological polar surface area (TPSA) is 63.4 Å². The van der Waals surface area contributed by atoms with Gasteiger partial charge in [0, 0.05) is 25.1 Å². The normalized spacial score (nSPS) is 14.9. The predicted molar refractivity (Wildman–Crippen MR) is 112 cm³/mol. The SMILES string of the molecule is NC(=O)CC1CCN(C(=O)c2cccc(-c3cccc4ccccc34)c2)CC1. The highest BCUT2D eigenvalue weighted by atomic mass is 16.2. The van der Waals surface area contributed by atoms with Gasteiger partial charge in [0.1, 0.15) is 0 Å². The molecule has 1 fully saturated rings. The number of likely N-dealkylation sites (tertiary alicyclic amines) is 1. The second-order valence-corrected chi connectivity index (χ2v) is 7.51. The molecule has 1 aliphatic rings. The third kappa shape index (κ3) is 3.77. The lowest BCUT2D eigenvalue weighted by atomic mass is 9.92. The summed E-state index contributed by atoms with van der Waals surface area (Å²) in [6, 6.07) is 22.4. The van der Waals surface area contributed by atoms with Gasteiger partial charge in [-0.2, -0.15) is 0 Å². The highest BCUT2D eigenvalue weighted by Gasteiger charge is 2.24. The molecule has 1 heterocycles. The summed E-state index contributed by atoms with van der Waals surface area (Å²) < 4.78 is 0. The smallest absolute Gasteiger partial charge is 0.253 e. The largest absolute Gasteiger partial charge is 0.370 e. The van der Waals surface area contributed by atoms with Crippen LogP contribution in [-0.4, -0.2) is 29.8 Å². The Morgan fingerprint density at radius 2 is 1.64 bits per heavy atom. The number of hydrogen-bond acceptors (Lipinski definition) is 2. The van der Waals surface area contributed by atoms with Crippen LogP contribution in [0.2, 0.25) is 0 Å². The van der Waals surface area contributed by atoms with Gasteiger partial charge in [0.2, 0.25) is 5.91 Å². The van der Waals surface area contributed by atoms with Crippen LogP contribution in [0.4, 0.5) is 0 Å². The van der Waals surface area contributed by atoms with Crippen molar-refractivity contribution in [3.05, 3.63) is 72.3 Å². The van der Waals surface area contributed by atoms with Crippen molar-refractivity contribution in [1.29, 1.82) is 0 Å². The minimum Gasteiger partial charge on any atom is -0.370 e. The quantitative estimate of drug-likeness (QED) is 0.745. The number of fused-ring (bicyclic) bond motifs is 1. The number of nitrogens with zero attached hydrogens (tertiary/aromatic N) is 1. The van der Waals surface area contributed by atoms with Crippen LogP contribution < -0.4 is 5.73 Å². The number of carbonyl (C=O) groups is 2. The van der Waals surface area contributed by atoms with Crippen molar-refractivity contribution in [2.45, 2.75) is 19.3 Å². The Balaban J connectivity index is 1.56. The molecule has 0 unspecified atom stereocenters. The molecule has 0 bridgehead atoms. The maximum Gasteiger partial charge on any atom is 0.253 e. The zero-order valence-corrected chi connectivity index (χ0v) is 15.8. The third-order valence-electron chi connectivity index (χ3n) is 5.60. The average Bonchev–Trinajstić information content (AvgIpc) is 2.73. The molecule has 0 radical (unpaired) electrons.